The standard InChI is InChI=1S/C14H16N2.C2H2O4.2Pt/c15-13(11-7-3-1-4-8-11)14(16)12-9-5-2-6-10-12;3-1(4)2(5)6;;/h1-10,13-14H,15-16H2;(H,3,4)(H,5,6);;/p-2. The second kappa shape index (κ2) is 13.0. The van der Waals surface area contributed by atoms with Gasteiger partial charge in [0.25, 0.3) is 0 Å². The molecule has 0 fully saturated rings. The Kier molecular flexibility index (Phi) is 13.5. The number of carbonyl (C=O) groups excluding carboxylic acids is 2. The maximum atomic E-state index is 8.93. The molecule has 4 N–H and O–H groups in total. The van der Waals surface area contributed by atoms with Gasteiger partial charge in [-0.2, -0.15) is 0 Å². The van der Waals surface area contributed by atoms with Gasteiger partial charge in [-0.25, -0.2) is 0 Å². The molecule has 0 bridgehead atoms. The van der Waals surface area contributed by atoms with Crippen LogP contribution in [0.15, 0.2) is 60.7 Å². The molecular weight excluding hydrogens is 674 g/mol. The Morgan fingerprint density at radius 1 is 0.667 bits per heavy atom. The van der Waals surface area contributed by atoms with E-state index >= 15 is 0 Å². The van der Waals surface area contributed by atoms with Gasteiger partial charge in [-0.05, 0) is 11.1 Å². The first-order valence-corrected chi connectivity index (χ1v) is 6.47. The summed E-state index contributed by atoms with van der Waals surface area (Å²) >= 11 is 0. The van der Waals surface area contributed by atoms with Crippen LogP contribution < -0.4 is 21.7 Å². The van der Waals surface area contributed by atoms with E-state index in [1.165, 1.54) is 0 Å². The molecule has 2 atom stereocenters. The van der Waals surface area contributed by atoms with Crippen LogP contribution in [0.1, 0.15) is 23.2 Å². The van der Waals surface area contributed by atoms with Crippen LogP contribution in [-0.4, -0.2) is 11.9 Å². The maximum Gasteiger partial charge on any atom is 0.0870 e. The minimum atomic E-state index is -2.19. The van der Waals surface area contributed by atoms with Crippen molar-refractivity contribution in [2.45, 2.75) is 12.1 Å². The molecule has 2 aromatic rings. The molecule has 0 aliphatic heterocycles. The molecule has 0 aliphatic carbocycles. The van der Waals surface area contributed by atoms with E-state index in [4.69, 9.17) is 31.3 Å². The number of carbonyl (C=O) groups is 2. The van der Waals surface area contributed by atoms with Gasteiger partial charge in [0.15, 0.2) is 0 Å². The Balaban J connectivity index is 0. The van der Waals surface area contributed by atoms with E-state index in [9.17, 15) is 0 Å². The van der Waals surface area contributed by atoms with E-state index in [2.05, 4.69) is 0 Å². The minimum Gasteiger partial charge on any atom is -0.543 e. The Morgan fingerprint density at radius 2 is 0.917 bits per heavy atom. The van der Waals surface area contributed by atoms with Gasteiger partial charge in [0, 0.05) is 54.2 Å². The number of carboxylic acids is 2. The molecule has 0 saturated heterocycles. The maximum absolute atomic E-state index is 8.93. The summed E-state index contributed by atoms with van der Waals surface area (Å²) in [5, 5.41) is 17.9. The SMILES string of the molecule is NC(c1ccccc1)C(N)c1ccccc1.O=C([O-])C(=O)[O-].[Pt].[Pt]. The molecular formula is C16H16N2O4Pt2-2. The molecule has 0 spiro atoms. The molecule has 0 heterocycles. The number of hydrogen-bond acceptors (Lipinski definition) is 6. The fraction of sp³-hybridized carbons (Fsp3) is 0.125. The largest absolute Gasteiger partial charge is 0.543 e. The third-order valence-corrected chi connectivity index (χ3v) is 2.92. The molecule has 8 heteroatoms. The van der Waals surface area contributed by atoms with E-state index in [1.54, 1.807) is 0 Å². The molecule has 6 nitrogen and oxygen atoms in total. The molecule has 24 heavy (non-hydrogen) atoms. The van der Waals surface area contributed by atoms with E-state index in [1.807, 2.05) is 60.7 Å². The van der Waals surface area contributed by atoms with Crippen molar-refractivity contribution in [3.63, 3.8) is 0 Å². The number of benzene rings is 2. The number of hydrogen-bond donors (Lipinski definition) is 2. The summed E-state index contributed by atoms with van der Waals surface area (Å²) in [5.74, 6) is -4.37. The van der Waals surface area contributed by atoms with Crippen LogP contribution >= 0.6 is 0 Å². The van der Waals surface area contributed by atoms with Gasteiger partial charge in [0.1, 0.15) is 0 Å². The Bertz CT molecular complexity index is 556. The molecule has 2 unspecified atom stereocenters. The van der Waals surface area contributed by atoms with Crippen molar-refractivity contribution in [2.75, 3.05) is 0 Å². The molecule has 2 rings (SSSR count). The predicted molar refractivity (Wildman–Crippen MR) is 76.8 cm³/mol. The van der Waals surface area contributed by atoms with Crippen molar-refractivity contribution >= 4 is 11.9 Å². The first-order valence-electron chi connectivity index (χ1n) is 6.47. The summed E-state index contributed by atoms with van der Waals surface area (Å²) in [7, 11) is 0. The Labute approximate surface area is 168 Å². The van der Waals surface area contributed by atoms with Crippen molar-refractivity contribution in [3.8, 4) is 0 Å². The van der Waals surface area contributed by atoms with Crippen LogP contribution in [0.25, 0.3) is 0 Å². The predicted octanol–water partition coefficient (Wildman–Crippen LogP) is -1.13. The normalized spacial score (nSPS) is 11.4. The van der Waals surface area contributed by atoms with Crippen molar-refractivity contribution in [1.82, 2.24) is 0 Å². The van der Waals surface area contributed by atoms with Gasteiger partial charge in [-0.3, -0.25) is 0 Å². The molecule has 0 amide bonds. The first-order chi connectivity index (χ1) is 10.4. The second-order valence-corrected chi connectivity index (χ2v) is 4.45. The van der Waals surface area contributed by atoms with Crippen LogP contribution in [0.2, 0.25) is 0 Å². The zero-order chi connectivity index (χ0) is 16.5. The number of carboxylic acid groups (broad SMARTS) is 2. The van der Waals surface area contributed by atoms with E-state index in [0.717, 1.165) is 11.1 Å². The monoisotopic (exact) mass is 690 g/mol. The summed E-state index contributed by atoms with van der Waals surface area (Å²) < 4.78 is 0. The number of rotatable bonds is 3. The van der Waals surface area contributed by atoms with Gasteiger partial charge < -0.3 is 31.3 Å². The van der Waals surface area contributed by atoms with Crippen molar-refractivity contribution in [3.05, 3.63) is 71.8 Å². The van der Waals surface area contributed by atoms with E-state index in [0.29, 0.717) is 0 Å². The van der Waals surface area contributed by atoms with Gasteiger partial charge in [-0.1, -0.05) is 60.7 Å². The summed E-state index contributed by atoms with van der Waals surface area (Å²) in [6.45, 7) is 0. The third-order valence-electron chi connectivity index (χ3n) is 2.92. The smallest absolute Gasteiger partial charge is 0.0870 e. The summed E-state index contributed by atoms with van der Waals surface area (Å²) in [6, 6.07) is 19.6. The van der Waals surface area contributed by atoms with Crippen molar-refractivity contribution < 1.29 is 61.9 Å². The van der Waals surface area contributed by atoms with Crippen LogP contribution in [0.4, 0.5) is 0 Å². The minimum absolute atomic E-state index is 0. The molecule has 136 valence electrons. The first kappa shape index (κ1) is 24.9. The molecule has 0 aliphatic rings. The van der Waals surface area contributed by atoms with Crippen LogP contribution in [-0.2, 0) is 51.7 Å². The number of nitrogens with two attached hydrogens (primary N) is 2. The Hall–Kier alpha value is -1.32. The van der Waals surface area contributed by atoms with Crippen LogP contribution in [0, 0.1) is 0 Å². The molecule has 0 radical (unpaired) electrons. The van der Waals surface area contributed by atoms with Gasteiger partial charge >= 0.3 is 0 Å². The Morgan fingerprint density at radius 3 is 1.12 bits per heavy atom. The van der Waals surface area contributed by atoms with E-state index < -0.39 is 11.9 Å². The summed E-state index contributed by atoms with van der Waals surface area (Å²) in [5.41, 5.74) is 14.4. The molecule has 0 saturated carbocycles. The third kappa shape index (κ3) is 8.51. The molecule has 2 aromatic carbocycles. The summed E-state index contributed by atoms with van der Waals surface area (Å²) in [4.78, 5) is 17.9. The van der Waals surface area contributed by atoms with E-state index in [-0.39, 0.29) is 54.2 Å². The fourth-order valence-corrected chi connectivity index (χ4v) is 1.77. The van der Waals surface area contributed by atoms with Gasteiger partial charge in [0.2, 0.25) is 0 Å². The zero-order valence-corrected chi connectivity index (χ0v) is 16.9. The second-order valence-electron chi connectivity index (χ2n) is 4.45. The van der Waals surface area contributed by atoms with Gasteiger partial charge in [-0.15, -0.1) is 0 Å². The average molecular weight is 690 g/mol. The summed E-state index contributed by atoms with van der Waals surface area (Å²) in [6.07, 6.45) is 0. The van der Waals surface area contributed by atoms with Crippen LogP contribution in [0.5, 0.6) is 0 Å². The fourth-order valence-electron chi connectivity index (χ4n) is 1.77. The van der Waals surface area contributed by atoms with Gasteiger partial charge in [0.05, 0.1) is 11.9 Å². The number of aliphatic carboxylic acids is 2. The van der Waals surface area contributed by atoms with Crippen molar-refractivity contribution in [1.29, 1.82) is 0 Å². The quantitative estimate of drug-likeness (QED) is 0.392. The van der Waals surface area contributed by atoms with Crippen molar-refractivity contribution in [2.24, 2.45) is 11.5 Å². The topological polar surface area (TPSA) is 132 Å². The zero-order valence-electron chi connectivity index (χ0n) is 12.3. The van der Waals surface area contributed by atoms with Crippen LogP contribution in [0.3, 0.4) is 0 Å². The average Bonchev–Trinajstić information content (AvgIpc) is 2.55. The molecule has 0 aromatic heterocycles.